The maximum Gasteiger partial charge on any atom is 0.300 e. The van der Waals surface area contributed by atoms with E-state index < -0.39 is 12.2 Å². The fourth-order valence-electron chi connectivity index (χ4n) is 0.953. The van der Waals surface area contributed by atoms with E-state index in [0.29, 0.717) is 8.95 Å². The zero-order valence-electron chi connectivity index (χ0n) is 7.15. The highest BCUT2D eigenvalue weighted by Crippen LogP contribution is 2.26. The molecule has 14 heavy (non-hydrogen) atoms. The maximum absolute atomic E-state index is 12.1. The first kappa shape index (κ1) is 11.8. The Labute approximate surface area is 96.8 Å². The first-order valence-corrected chi connectivity index (χ1v) is 5.30. The van der Waals surface area contributed by atoms with Crippen LogP contribution in [0.2, 0.25) is 0 Å². The molecular weight excluding hydrogens is 322 g/mol. The molecule has 0 saturated heterocycles. The minimum absolute atomic E-state index is 0.00234. The number of Topliss-reactive ketones (excluding diaryl/α,β-unsaturated/α-hetero) is 1. The normalized spacial score (nSPS) is 10.7. The third kappa shape index (κ3) is 2.39. The number of benzene rings is 1. The van der Waals surface area contributed by atoms with Crippen LogP contribution in [0.1, 0.15) is 15.9 Å². The van der Waals surface area contributed by atoms with Gasteiger partial charge in [0.2, 0.25) is 5.78 Å². The zero-order chi connectivity index (χ0) is 10.9. The highest BCUT2D eigenvalue weighted by atomic mass is 79.9. The molecule has 0 amide bonds. The molecule has 0 aromatic heterocycles. The monoisotopic (exact) mass is 326 g/mol. The minimum Gasteiger partial charge on any atom is -0.288 e. The molecule has 1 nitrogen and oxygen atoms in total. The topological polar surface area (TPSA) is 17.1 Å². The summed E-state index contributed by atoms with van der Waals surface area (Å²) in [5, 5.41) is 0. The van der Waals surface area contributed by atoms with Gasteiger partial charge in [0.15, 0.2) is 0 Å². The van der Waals surface area contributed by atoms with Gasteiger partial charge >= 0.3 is 6.43 Å². The van der Waals surface area contributed by atoms with Crippen molar-refractivity contribution in [1.82, 2.24) is 0 Å². The summed E-state index contributed by atoms with van der Waals surface area (Å²) in [7, 11) is 0. The Hall–Kier alpha value is -0.290. The SMILES string of the molecule is Cc1cc(Br)c(C(=O)C(F)F)cc1Br. The van der Waals surface area contributed by atoms with Gasteiger partial charge in [-0.25, -0.2) is 8.78 Å². The third-order valence-electron chi connectivity index (χ3n) is 1.71. The van der Waals surface area contributed by atoms with Crippen LogP contribution in [0.3, 0.4) is 0 Å². The molecule has 1 rings (SSSR count). The first-order chi connectivity index (χ1) is 6.43. The number of alkyl halides is 2. The minimum atomic E-state index is -2.97. The van der Waals surface area contributed by atoms with Crippen LogP contribution >= 0.6 is 31.9 Å². The van der Waals surface area contributed by atoms with Crippen molar-refractivity contribution in [2.45, 2.75) is 13.3 Å². The highest BCUT2D eigenvalue weighted by molar-refractivity contribution is 9.11. The molecule has 0 fully saturated rings. The summed E-state index contributed by atoms with van der Waals surface area (Å²) in [5.74, 6) is -1.17. The van der Waals surface area contributed by atoms with Crippen LogP contribution < -0.4 is 0 Å². The van der Waals surface area contributed by atoms with Crippen molar-refractivity contribution in [3.8, 4) is 0 Å². The van der Waals surface area contributed by atoms with Crippen molar-refractivity contribution in [2.75, 3.05) is 0 Å². The van der Waals surface area contributed by atoms with Gasteiger partial charge < -0.3 is 0 Å². The Bertz CT molecular complexity index is 377. The van der Waals surface area contributed by atoms with Crippen LogP contribution in [0.15, 0.2) is 21.1 Å². The van der Waals surface area contributed by atoms with Gasteiger partial charge in [0.1, 0.15) is 0 Å². The fraction of sp³-hybridized carbons (Fsp3) is 0.222. The number of ketones is 1. The largest absolute Gasteiger partial charge is 0.300 e. The average Bonchev–Trinajstić information content (AvgIpc) is 2.10. The summed E-state index contributed by atoms with van der Waals surface area (Å²) >= 11 is 6.25. The number of aryl methyl sites for hydroxylation is 1. The molecule has 0 unspecified atom stereocenters. The Kier molecular flexibility index (Phi) is 3.78. The van der Waals surface area contributed by atoms with Gasteiger partial charge in [0.05, 0.1) is 0 Å². The van der Waals surface area contributed by atoms with Crippen molar-refractivity contribution in [2.24, 2.45) is 0 Å². The number of halogens is 4. The predicted octanol–water partition coefficient (Wildman–Crippen LogP) is 3.97. The smallest absolute Gasteiger partial charge is 0.288 e. The van der Waals surface area contributed by atoms with Crippen LogP contribution in [0, 0.1) is 6.92 Å². The average molecular weight is 328 g/mol. The van der Waals surface area contributed by atoms with Crippen molar-refractivity contribution >= 4 is 37.6 Å². The quantitative estimate of drug-likeness (QED) is 0.751. The maximum atomic E-state index is 12.1. The van der Waals surface area contributed by atoms with E-state index >= 15 is 0 Å². The Balaban J connectivity index is 3.22. The van der Waals surface area contributed by atoms with Crippen LogP contribution in [0.4, 0.5) is 8.78 Å². The summed E-state index contributed by atoms with van der Waals surface area (Å²) in [5.41, 5.74) is 0.875. The van der Waals surface area contributed by atoms with Crippen LogP contribution in [-0.4, -0.2) is 12.2 Å². The molecule has 0 bridgehead atoms. The summed E-state index contributed by atoms with van der Waals surface area (Å²) in [6.45, 7) is 1.81. The number of carbonyl (C=O) groups is 1. The summed E-state index contributed by atoms with van der Waals surface area (Å²) in [4.78, 5) is 11.0. The van der Waals surface area contributed by atoms with Gasteiger partial charge in [-0.2, -0.15) is 0 Å². The molecule has 0 radical (unpaired) electrons. The lowest BCUT2D eigenvalue weighted by atomic mass is 10.1. The lowest BCUT2D eigenvalue weighted by Crippen LogP contribution is -2.11. The van der Waals surface area contributed by atoms with E-state index in [4.69, 9.17) is 0 Å². The second-order valence-electron chi connectivity index (χ2n) is 2.75. The number of rotatable bonds is 2. The van der Waals surface area contributed by atoms with Gasteiger partial charge in [0, 0.05) is 14.5 Å². The number of carbonyl (C=O) groups excluding carboxylic acids is 1. The van der Waals surface area contributed by atoms with E-state index in [0.717, 1.165) is 5.56 Å². The van der Waals surface area contributed by atoms with E-state index in [9.17, 15) is 13.6 Å². The molecule has 1 aromatic carbocycles. The highest BCUT2D eigenvalue weighted by Gasteiger charge is 2.20. The van der Waals surface area contributed by atoms with Crippen molar-refractivity contribution in [3.05, 3.63) is 32.2 Å². The van der Waals surface area contributed by atoms with Gasteiger partial charge in [-0.1, -0.05) is 31.9 Å². The second kappa shape index (κ2) is 4.49. The van der Waals surface area contributed by atoms with E-state index in [-0.39, 0.29) is 5.56 Å². The first-order valence-electron chi connectivity index (χ1n) is 3.71. The van der Waals surface area contributed by atoms with E-state index in [1.165, 1.54) is 6.07 Å². The Morgan fingerprint density at radius 2 is 1.86 bits per heavy atom. The molecule has 1 aromatic rings. The molecule has 0 saturated carbocycles. The summed E-state index contributed by atoms with van der Waals surface area (Å²) < 4.78 is 25.3. The predicted molar refractivity (Wildman–Crippen MR) is 56.9 cm³/mol. The Morgan fingerprint density at radius 3 is 2.36 bits per heavy atom. The molecule has 0 aliphatic rings. The fourth-order valence-corrected chi connectivity index (χ4v) is 1.95. The Morgan fingerprint density at radius 1 is 1.29 bits per heavy atom. The molecule has 76 valence electrons. The molecule has 0 N–H and O–H groups in total. The van der Waals surface area contributed by atoms with Crippen LogP contribution in [0.25, 0.3) is 0 Å². The molecular formula is C9H6Br2F2O. The summed E-state index contributed by atoms with van der Waals surface area (Å²) in [6, 6.07) is 3.02. The van der Waals surface area contributed by atoms with Gasteiger partial charge in [-0.05, 0) is 24.6 Å². The molecule has 0 aliphatic carbocycles. The van der Waals surface area contributed by atoms with E-state index in [1.807, 2.05) is 6.92 Å². The zero-order valence-corrected chi connectivity index (χ0v) is 10.3. The van der Waals surface area contributed by atoms with Gasteiger partial charge in [0.25, 0.3) is 0 Å². The molecule has 0 spiro atoms. The second-order valence-corrected chi connectivity index (χ2v) is 4.45. The molecule has 0 heterocycles. The molecule has 0 aliphatic heterocycles. The van der Waals surface area contributed by atoms with Crippen LogP contribution in [-0.2, 0) is 0 Å². The summed E-state index contributed by atoms with van der Waals surface area (Å²) in [6.07, 6.45) is -2.97. The van der Waals surface area contributed by atoms with Crippen molar-refractivity contribution in [3.63, 3.8) is 0 Å². The van der Waals surface area contributed by atoms with E-state index in [2.05, 4.69) is 31.9 Å². The number of hydrogen-bond acceptors (Lipinski definition) is 1. The number of hydrogen-bond donors (Lipinski definition) is 0. The van der Waals surface area contributed by atoms with Crippen LogP contribution in [0.5, 0.6) is 0 Å². The standard InChI is InChI=1S/C9H6Br2F2O/c1-4-2-7(11)5(3-6(4)10)8(14)9(12)13/h2-3,9H,1H3. The van der Waals surface area contributed by atoms with E-state index in [1.54, 1.807) is 6.07 Å². The molecule has 0 atom stereocenters. The van der Waals surface area contributed by atoms with Gasteiger partial charge in [-0.15, -0.1) is 0 Å². The lowest BCUT2D eigenvalue weighted by Gasteiger charge is -2.05. The lowest BCUT2D eigenvalue weighted by molar-refractivity contribution is 0.0678. The van der Waals surface area contributed by atoms with Crippen molar-refractivity contribution in [1.29, 1.82) is 0 Å². The third-order valence-corrected chi connectivity index (χ3v) is 3.22. The van der Waals surface area contributed by atoms with Crippen molar-refractivity contribution < 1.29 is 13.6 Å². The molecule has 5 heteroatoms. The van der Waals surface area contributed by atoms with Gasteiger partial charge in [-0.3, -0.25) is 4.79 Å².